The lowest BCUT2D eigenvalue weighted by Crippen LogP contribution is -2.33. The number of methoxy groups -OCH3 is 1. The van der Waals surface area contributed by atoms with Crippen LogP contribution in [0.2, 0.25) is 0 Å². The average Bonchev–Trinajstić information content (AvgIpc) is 2.23. The Morgan fingerprint density at radius 2 is 2.07 bits per heavy atom. The SMILES string of the molecule is COC1=CC(O)N(C)c2ccccc21. The molecule has 0 bridgehead atoms. The van der Waals surface area contributed by atoms with Crippen molar-refractivity contribution in [2.75, 3.05) is 19.1 Å². The van der Waals surface area contributed by atoms with Crippen molar-refractivity contribution in [1.82, 2.24) is 0 Å². The Kier molecular flexibility index (Phi) is 2.17. The topological polar surface area (TPSA) is 32.7 Å². The second-order valence-electron chi connectivity index (χ2n) is 3.28. The summed E-state index contributed by atoms with van der Waals surface area (Å²) < 4.78 is 5.21. The van der Waals surface area contributed by atoms with Gasteiger partial charge in [0.2, 0.25) is 0 Å². The molecule has 0 saturated heterocycles. The highest BCUT2D eigenvalue weighted by Gasteiger charge is 2.21. The maximum atomic E-state index is 9.70. The molecule has 1 aromatic carbocycles. The lowest BCUT2D eigenvalue weighted by molar-refractivity contribution is 0.217. The third-order valence-corrected chi connectivity index (χ3v) is 2.47. The third-order valence-electron chi connectivity index (χ3n) is 2.47. The smallest absolute Gasteiger partial charge is 0.149 e. The summed E-state index contributed by atoms with van der Waals surface area (Å²) in [4.78, 5) is 1.80. The van der Waals surface area contributed by atoms with Crippen molar-refractivity contribution in [1.29, 1.82) is 0 Å². The molecule has 3 nitrogen and oxygen atoms in total. The fourth-order valence-corrected chi connectivity index (χ4v) is 1.65. The van der Waals surface area contributed by atoms with Gasteiger partial charge in [-0.3, -0.25) is 0 Å². The zero-order valence-corrected chi connectivity index (χ0v) is 8.27. The molecule has 3 heteroatoms. The molecule has 14 heavy (non-hydrogen) atoms. The van der Waals surface area contributed by atoms with E-state index in [9.17, 15) is 5.11 Å². The highest BCUT2D eigenvalue weighted by atomic mass is 16.5. The van der Waals surface area contributed by atoms with Gasteiger partial charge in [0.1, 0.15) is 12.0 Å². The van der Waals surface area contributed by atoms with Crippen molar-refractivity contribution >= 4 is 11.4 Å². The summed E-state index contributed by atoms with van der Waals surface area (Å²) in [6.45, 7) is 0. The molecule has 0 spiro atoms. The molecule has 0 aliphatic carbocycles. The predicted molar refractivity (Wildman–Crippen MR) is 55.8 cm³/mol. The first-order chi connectivity index (χ1) is 6.74. The summed E-state index contributed by atoms with van der Waals surface area (Å²) >= 11 is 0. The summed E-state index contributed by atoms with van der Waals surface area (Å²) in [7, 11) is 3.47. The number of rotatable bonds is 1. The Hall–Kier alpha value is -1.48. The van der Waals surface area contributed by atoms with E-state index in [0.717, 1.165) is 17.0 Å². The number of likely N-dealkylation sites (N-methyl/N-ethyl adjacent to an activating group) is 1. The molecule has 0 radical (unpaired) electrons. The van der Waals surface area contributed by atoms with E-state index in [-0.39, 0.29) is 0 Å². The van der Waals surface area contributed by atoms with E-state index >= 15 is 0 Å². The van der Waals surface area contributed by atoms with Crippen molar-refractivity contribution in [3.8, 4) is 0 Å². The van der Waals surface area contributed by atoms with Gasteiger partial charge in [-0.05, 0) is 12.1 Å². The van der Waals surface area contributed by atoms with Gasteiger partial charge in [0.25, 0.3) is 0 Å². The number of aliphatic hydroxyl groups excluding tert-OH is 1. The van der Waals surface area contributed by atoms with Gasteiger partial charge in [0.15, 0.2) is 0 Å². The lowest BCUT2D eigenvalue weighted by atomic mass is 10.1. The highest BCUT2D eigenvalue weighted by Crippen LogP contribution is 2.32. The van der Waals surface area contributed by atoms with Crippen LogP contribution in [0.4, 0.5) is 5.69 Å². The minimum Gasteiger partial charge on any atom is -0.496 e. The normalized spacial score (nSPS) is 20.1. The van der Waals surface area contributed by atoms with Crippen LogP contribution in [0.25, 0.3) is 5.76 Å². The Morgan fingerprint density at radius 3 is 2.79 bits per heavy atom. The van der Waals surface area contributed by atoms with Crippen molar-refractivity contribution in [2.24, 2.45) is 0 Å². The fraction of sp³-hybridized carbons (Fsp3) is 0.273. The first-order valence-corrected chi connectivity index (χ1v) is 4.50. The molecule has 1 aliphatic rings. The van der Waals surface area contributed by atoms with Gasteiger partial charge < -0.3 is 14.7 Å². The van der Waals surface area contributed by atoms with Gasteiger partial charge in [-0.25, -0.2) is 0 Å². The second-order valence-corrected chi connectivity index (χ2v) is 3.28. The molecule has 0 amide bonds. The predicted octanol–water partition coefficient (Wildman–Crippen LogP) is 1.44. The highest BCUT2D eigenvalue weighted by molar-refractivity contribution is 5.76. The molecule has 1 atom stereocenters. The quantitative estimate of drug-likeness (QED) is 0.729. The standard InChI is InChI=1S/C11H13NO2/c1-12-9-6-4-3-5-8(9)10(14-2)7-11(12)13/h3-7,11,13H,1-2H3. The number of aliphatic hydroxyl groups is 1. The van der Waals surface area contributed by atoms with E-state index in [1.54, 1.807) is 18.1 Å². The van der Waals surface area contributed by atoms with E-state index in [4.69, 9.17) is 4.74 Å². The molecule has 1 heterocycles. The lowest BCUT2D eigenvalue weighted by Gasteiger charge is -2.30. The molecule has 1 aliphatic heterocycles. The molecule has 1 aromatic rings. The van der Waals surface area contributed by atoms with E-state index in [2.05, 4.69) is 0 Å². The summed E-state index contributed by atoms with van der Waals surface area (Å²) in [5, 5.41) is 9.70. The number of para-hydroxylation sites is 1. The Morgan fingerprint density at radius 1 is 1.36 bits per heavy atom. The maximum absolute atomic E-state index is 9.70. The molecule has 0 saturated carbocycles. The van der Waals surface area contributed by atoms with Gasteiger partial charge in [-0.2, -0.15) is 0 Å². The zero-order valence-electron chi connectivity index (χ0n) is 8.27. The van der Waals surface area contributed by atoms with Gasteiger partial charge in [-0.15, -0.1) is 0 Å². The molecular weight excluding hydrogens is 178 g/mol. The minimum atomic E-state index is -0.611. The average molecular weight is 191 g/mol. The summed E-state index contributed by atoms with van der Waals surface area (Å²) in [5.74, 6) is 0.728. The third kappa shape index (κ3) is 1.26. The maximum Gasteiger partial charge on any atom is 0.149 e. The van der Waals surface area contributed by atoms with Gasteiger partial charge >= 0.3 is 0 Å². The van der Waals surface area contributed by atoms with Crippen LogP contribution in [0, 0.1) is 0 Å². The molecule has 0 fully saturated rings. The summed E-state index contributed by atoms with van der Waals surface area (Å²) in [6.07, 6.45) is 1.09. The van der Waals surface area contributed by atoms with Crippen LogP contribution >= 0.6 is 0 Å². The van der Waals surface area contributed by atoms with Crippen LogP contribution < -0.4 is 4.90 Å². The minimum absolute atomic E-state index is 0.611. The van der Waals surface area contributed by atoms with Crippen LogP contribution in [0.1, 0.15) is 5.56 Å². The first kappa shape index (κ1) is 9.09. The van der Waals surface area contributed by atoms with Crippen molar-refractivity contribution in [3.05, 3.63) is 35.9 Å². The number of fused-ring (bicyclic) bond motifs is 1. The Balaban J connectivity index is 2.55. The number of benzene rings is 1. The Bertz CT molecular complexity index is 373. The number of ether oxygens (including phenoxy) is 1. The molecule has 74 valence electrons. The number of nitrogens with zero attached hydrogens (tertiary/aromatic N) is 1. The second kappa shape index (κ2) is 3.35. The van der Waals surface area contributed by atoms with E-state index in [0.29, 0.717) is 0 Å². The summed E-state index contributed by atoms with van der Waals surface area (Å²) in [5.41, 5.74) is 2.00. The monoisotopic (exact) mass is 191 g/mol. The summed E-state index contributed by atoms with van der Waals surface area (Å²) in [6, 6.07) is 7.84. The molecule has 0 aromatic heterocycles. The van der Waals surface area contributed by atoms with Crippen LogP contribution in [0.3, 0.4) is 0 Å². The van der Waals surface area contributed by atoms with E-state index in [1.165, 1.54) is 0 Å². The van der Waals surface area contributed by atoms with E-state index in [1.807, 2.05) is 31.3 Å². The van der Waals surface area contributed by atoms with Crippen LogP contribution in [-0.2, 0) is 4.74 Å². The van der Waals surface area contributed by atoms with Crippen molar-refractivity contribution in [3.63, 3.8) is 0 Å². The van der Waals surface area contributed by atoms with Crippen molar-refractivity contribution < 1.29 is 9.84 Å². The molecule has 1 unspecified atom stereocenters. The largest absolute Gasteiger partial charge is 0.496 e. The van der Waals surface area contributed by atoms with Gasteiger partial charge in [0, 0.05) is 24.4 Å². The van der Waals surface area contributed by atoms with Crippen LogP contribution in [0.5, 0.6) is 0 Å². The zero-order chi connectivity index (χ0) is 10.1. The Labute approximate surface area is 83.2 Å². The molecular formula is C11H13NO2. The number of hydrogen-bond acceptors (Lipinski definition) is 3. The van der Waals surface area contributed by atoms with E-state index < -0.39 is 6.23 Å². The van der Waals surface area contributed by atoms with Gasteiger partial charge in [-0.1, -0.05) is 12.1 Å². The number of hydrogen-bond donors (Lipinski definition) is 1. The van der Waals surface area contributed by atoms with Gasteiger partial charge in [0.05, 0.1) is 7.11 Å². The van der Waals surface area contributed by atoms with Crippen LogP contribution in [0.15, 0.2) is 30.3 Å². The van der Waals surface area contributed by atoms with Crippen LogP contribution in [-0.4, -0.2) is 25.5 Å². The molecule has 2 rings (SSSR count). The molecule has 1 N–H and O–H groups in total. The number of anilines is 1. The first-order valence-electron chi connectivity index (χ1n) is 4.50. The fourth-order valence-electron chi connectivity index (χ4n) is 1.65. The van der Waals surface area contributed by atoms with Crippen molar-refractivity contribution in [2.45, 2.75) is 6.23 Å².